The van der Waals surface area contributed by atoms with E-state index in [2.05, 4.69) is 4.98 Å². The van der Waals surface area contributed by atoms with E-state index in [0.717, 1.165) is 16.9 Å². The summed E-state index contributed by atoms with van der Waals surface area (Å²) in [6.45, 7) is 0.577. The van der Waals surface area contributed by atoms with E-state index in [4.69, 9.17) is 10.2 Å². The molecule has 78 valence electrons. The number of nitrogens with two attached hydrogens (primary N) is 1. The lowest BCUT2D eigenvalue weighted by molar-refractivity contribution is 0.490. The van der Waals surface area contributed by atoms with E-state index >= 15 is 0 Å². The quantitative estimate of drug-likeness (QED) is 0.635. The monoisotopic (exact) mass is 220 g/mol. The highest BCUT2D eigenvalue weighted by atomic mass is 32.2. The number of fused-ring (bicyclic) bond motifs is 1. The van der Waals surface area contributed by atoms with Gasteiger partial charge in [-0.3, -0.25) is 0 Å². The summed E-state index contributed by atoms with van der Waals surface area (Å²) in [5.41, 5.74) is 7.08. The van der Waals surface area contributed by atoms with Crippen molar-refractivity contribution in [1.29, 1.82) is 0 Å². The van der Waals surface area contributed by atoms with Crippen LogP contribution in [0, 0.1) is 0 Å². The highest BCUT2D eigenvalue weighted by Gasteiger charge is 2.03. The molecule has 1 aromatic carbocycles. The van der Waals surface area contributed by atoms with Gasteiger partial charge in [-0.2, -0.15) is 0 Å². The summed E-state index contributed by atoms with van der Waals surface area (Å²) in [5.74, 6) is 0.837. The third kappa shape index (κ3) is 2.61. The maximum absolute atomic E-state index is 5.53. The first-order chi connectivity index (χ1) is 7.40. The molecule has 0 aliphatic carbocycles. The molecule has 0 aliphatic rings. The second kappa shape index (κ2) is 5.00. The minimum Gasteiger partial charge on any atom is -0.431 e. The fraction of sp³-hybridized carbons (Fsp3) is 0.182. The summed E-state index contributed by atoms with van der Waals surface area (Å²) in [6, 6.07) is 7.75. The van der Waals surface area contributed by atoms with Crippen molar-refractivity contribution >= 4 is 22.9 Å². The van der Waals surface area contributed by atoms with Crippen molar-refractivity contribution in [3.8, 4) is 0 Å². The Bertz CT molecular complexity index is 431. The molecule has 4 heteroatoms. The number of thioether (sulfide) groups is 1. The molecule has 0 saturated carbocycles. The lowest BCUT2D eigenvalue weighted by Gasteiger charge is -1.88. The average Bonchev–Trinajstić information content (AvgIpc) is 2.67. The first kappa shape index (κ1) is 10.3. The van der Waals surface area contributed by atoms with Crippen LogP contribution in [0.25, 0.3) is 11.1 Å². The van der Waals surface area contributed by atoms with Gasteiger partial charge in [0.05, 0.1) is 0 Å². The number of hydrogen-bond donors (Lipinski definition) is 1. The zero-order valence-electron chi connectivity index (χ0n) is 8.22. The van der Waals surface area contributed by atoms with Crippen LogP contribution in [-0.2, 0) is 0 Å². The van der Waals surface area contributed by atoms with Crippen LogP contribution in [0.4, 0.5) is 0 Å². The van der Waals surface area contributed by atoms with Crippen molar-refractivity contribution < 1.29 is 4.42 Å². The Morgan fingerprint density at radius 2 is 2.20 bits per heavy atom. The number of hydrogen-bond acceptors (Lipinski definition) is 4. The molecule has 0 aliphatic heterocycles. The Kier molecular flexibility index (Phi) is 3.42. The van der Waals surface area contributed by atoms with Crippen LogP contribution in [0.5, 0.6) is 0 Å². The number of oxazole rings is 1. The normalized spacial score (nSPS) is 11.5. The van der Waals surface area contributed by atoms with Gasteiger partial charge >= 0.3 is 0 Å². The van der Waals surface area contributed by atoms with Gasteiger partial charge in [0.2, 0.25) is 0 Å². The van der Waals surface area contributed by atoms with Crippen molar-refractivity contribution in [2.75, 3.05) is 12.3 Å². The fourth-order valence-corrected chi connectivity index (χ4v) is 1.88. The van der Waals surface area contributed by atoms with Crippen molar-refractivity contribution in [2.45, 2.75) is 5.22 Å². The number of nitrogens with zero attached hydrogens (tertiary/aromatic N) is 1. The predicted octanol–water partition coefficient (Wildman–Crippen LogP) is 2.43. The molecule has 0 fully saturated rings. The van der Waals surface area contributed by atoms with E-state index in [1.54, 1.807) is 11.8 Å². The maximum atomic E-state index is 5.53. The molecular weight excluding hydrogens is 208 g/mol. The highest BCUT2D eigenvalue weighted by Crippen LogP contribution is 2.22. The molecule has 2 rings (SSSR count). The lowest BCUT2D eigenvalue weighted by Crippen LogP contribution is -1.92. The van der Waals surface area contributed by atoms with Gasteiger partial charge in [0.25, 0.3) is 5.22 Å². The van der Waals surface area contributed by atoms with Gasteiger partial charge in [0.15, 0.2) is 5.58 Å². The van der Waals surface area contributed by atoms with E-state index in [1.165, 1.54) is 0 Å². The predicted molar refractivity (Wildman–Crippen MR) is 62.9 cm³/mol. The number of aromatic nitrogens is 1. The Morgan fingerprint density at radius 1 is 1.33 bits per heavy atom. The van der Waals surface area contributed by atoms with Crippen molar-refractivity contribution in [2.24, 2.45) is 5.73 Å². The van der Waals surface area contributed by atoms with E-state index < -0.39 is 0 Å². The number of para-hydroxylation sites is 2. The Morgan fingerprint density at radius 3 is 3.00 bits per heavy atom. The van der Waals surface area contributed by atoms with Gasteiger partial charge in [-0.15, -0.1) is 0 Å². The van der Waals surface area contributed by atoms with Crippen molar-refractivity contribution in [1.82, 2.24) is 4.98 Å². The van der Waals surface area contributed by atoms with Crippen LogP contribution >= 0.6 is 11.8 Å². The Balaban J connectivity index is 2.05. The summed E-state index contributed by atoms with van der Waals surface area (Å²) in [7, 11) is 0. The third-order valence-corrected chi connectivity index (χ3v) is 2.66. The Hall–Kier alpha value is -1.26. The number of rotatable bonds is 4. The van der Waals surface area contributed by atoms with Crippen LogP contribution in [0.1, 0.15) is 0 Å². The summed E-state index contributed by atoms with van der Waals surface area (Å²) in [5, 5.41) is 0.706. The van der Waals surface area contributed by atoms with Gasteiger partial charge in [-0.25, -0.2) is 4.98 Å². The van der Waals surface area contributed by atoms with E-state index in [-0.39, 0.29) is 0 Å². The highest BCUT2D eigenvalue weighted by molar-refractivity contribution is 7.99. The summed E-state index contributed by atoms with van der Waals surface area (Å²) in [4.78, 5) is 4.34. The molecule has 3 nitrogen and oxygen atoms in total. The first-order valence-corrected chi connectivity index (χ1v) is 5.72. The summed E-state index contributed by atoms with van der Waals surface area (Å²) >= 11 is 1.57. The fourth-order valence-electron chi connectivity index (χ4n) is 1.20. The van der Waals surface area contributed by atoms with Crippen LogP contribution in [0.15, 0.2) is 46.1 Å². The molecule has 1 aromatic heterocycles. The Labute approximate surface area is 92.4 Å². The first-order valence-electron chi connectivity index (χ1n) is 4.73. The molecule has 1 heterocycles. The van der Waals surface area contributed by atoms with Gasteiger partial charge < -0.3 is 10.2 Å². The second-order valence-corrected chi connectivity index (χ2v) is 3.94. The standard InChI is InChI=1S/C11H12N2OS/c12-7-3-4-8-15-11-13-9-5-1-2-6-10(9)14-11/h1-6H,7-8,12H2. The molecule has 0 unspecified atom stereocenters. The molecule has 0 spiro atoms. The second-order valence-electron chi connectivity index (χ2n) is 2.97. The summed E-state index contributed by atoms with van der Waals surface area (Å²) in [6.07, 6.45) is 3.94. The van der Waals surface area contributed by atoms with Crippen LogP contribution in [0.3, 0.4) is 0 Å². The molecule has 0 bridgehead atoms. The van der Waals surface area contributed by atoms with Crippen molar-refractivity contribution in [3.63, 3.8) is 0 Å². The zero-order chi connectivity index (χ0) is 10.5. The molecule has 2 aromatic rings. The lowest BCUT2D eigenvalue weighted by atomic mass is 10.3. The molecular formula is C11H12N2OS. The minimum absolute atomic E-state index is 0.577. The smallest absolute Gasteiger partial charge is 0.257 e. The maximum Gasteiger partial charge on any atom is 0.257 e. The topological polar surface area (TPSA) is 52.0 Å². The van der Waals surface area contributed by atoms with Crippen molar-refractivity contribution in [3.05, 3.63) is 36.4 Å². The molecule has 0 saturated heterocycles. The van der Waals surface area contributed by atoms with E-state index in [0.29, 0.717) is 11.8 Å². The van der Waals surface area contributed by atoms with Crippen LogP contribution in [0.2, 0.25) is 0 Å². The van der Waals surface area contributed by atoms with Crippen LogP contribution < -0.4 is 5.73 Å². The largest absolute Gasteiger partial charge is 0.431 e. The van der Waals surface area contributed by atoms with Crippen LogP contribution in [-0.4, -0.2) is 17.3 Å². The zero-order valence-corrected chi connectivity index (χ0v) is 9.04. The number of benzene rings is 1. The van der Waals surface area contributed by atoms with Gasteiger partial charge in [0, 0.05) is 12.3 Å². The summed E-state index contributed by atoms with van der Waals surface area (Å²) < 4.78 is 5.53. The minimum atomic E-state index is 0.577. The molecule has 0 atom stereocenters. The molecule has 15 heavy (non-hydrogen) atoms. The van der Waals surface area contributed by atoms with E-state index in [9.17, 15) is 0 Å². The molecule has 2 N–H and O–H groups in total. The molecule has 0 amide bonds. The van der Waals surface area contributed by atoms with Gasteiger partial charge in [-0.1, -0.05) is 36.0 Å². The SMILES string of the molecule is NCC=CCSc1nc2ccccc2o1. The van der Waals surface area contributed by atoms with E-state index in [1.807, 2.05) is 36.4 Å². The third-order valence-electron chi connectivity index (χ3n) is 1.88. The van der Waals surface area contributed by atoms with Gasteiger partial charge in [0.1, 0.15) is 5.52 Å². The molecule has 0 radical (unpaired) electrons. The average molecular weight is 220 g/mol. The van der Waals surface area contributed by atoms with Gasteiger partial charge in [-0.05, 0) is 12.1 Å².